The standard InChI is InChI=1S/C9H13N5O/c1-6(3-10)14(2)8-7-4-13-15-9(7)12-5-11-8/h4-6H,3,10H2,1-2H3. The van der Waals surface area contributed by atoms with Gasteiger partial charge in [-0.05, 0) is 6.92 Å². The van der Waals surface area contributed by atoms with Crippen LogP contribution in [0.4, 0.5) is 5.82 Å². The van der Waals surface area contributed by atoms with Gasteiger partial charge in [-0.1, -0.05) is 5.16 Å². The highest BCUT2D eigenvalue weighted by molar-refractivity contribution is 5.84. The van der Waals surface area contributed by atoms with Crippen molar-refractivity contribution in [2.45, 2.75) is 13.0 Å². The van der Waals surface area contributed by atoms with Crippen molar-refractivity contribution in [3.05, 3.63) is 12.5 Å². The summed E-state index contributed by atoms with van der Waals surface area (Å²) >= 11 is 0. The maximum absolute atomic E-state index is 5.61. The van der Waals surface area contributed by atoms with Crippen LogP contribution in [0.25, 0.3) is 11.1 Å². The first-order chi connectivity index (χ1) is 7.24. The van der Waals surface area contributed by atoms with E-state index in [1.807, 2.05) is 18.9 Å². The van der Waals surface area contributed by atoms with Crippen LogP contribution in [0.5, 0.6) is 0 Å². The Morgan fingerprint density at radius 2 is 2.33 bits per heavy atom. The molecule has 2 N–H and O–H groups in total. The Kier molecular flexibility index (Phi) is 2.51. The lowest BCUT2D eigenvalue weighted by atomic mass is 10.3. The van der Waals surface area contributed by atoms with Crippen LogP contribution < -0.4 is 10.6 Å². The van der Waals surface area contributed by atoms with Crippen LogP contribution in [0.1, 0.15) is 6.92 Å². The third-order valence-corrected chi connectivity index (χ3v) is 2.48. The van der Waals surface area contributed by atoms with Gasteiger partial charge in [0.05, 0.1) is 6.20 Å². The lowest BCUT2D eigenvalue weighted by Crippen LogP contribution is -2.35. The SMILES string of the molecule is CC(CN)N(C)c1ncnc2oncc12. The molecule has 2 aromatic rings. The smallest absolute Gasteiger partial charge is 0.262 e. The summed E-state index contributed by atoms with van der Waals surface area (Å²) in [4.78, 5) is 10.2. The Hall–Kier alpha value is -1.69. The molecule has 1 unspecified atom stereocenters. The molecule has 15 heavy (non-hydrogen) atoms. The van der Waals surface area contributed by atoms with Gasteiger partial charge in [0.2, 0.25) is 0 Å². The Bertz CT molecular complexity index is 454. The molecule has 80 valence electrons. The summed E-state index contributed by atoms with van der Waals surface area (Å²) in [5.74, 6) is 0.791. The van der Waals surface area contributed by atoms with Gasteiger partial charge in [-0.25, -0.2) is 4.98 Å². The maximum Gasteiger partial charge on any atom is 0.262 e. The fraction of sp³-hybridized carbons (Fsp3) is 0.444. The Morgan fingerprint density at radius 3 is 3.07 bits per heavy atom. The molecule has 0 saturated heterocycles. The minimum atomic E-state index is 0.206. The summed E-state index contributed by atoms with van der Waals surface area (Å²) in [5.41, 5.74) is 6.10. The predicted octanol–water partition coefficient (Wildman–Crippen LogP) is 0.401. The monoisotopic (exact) mass is 207 g/mol. The van der Waals surface area contributed by atoms with Gasteiger partial charge in [0.1, 0.15) is 17.5 Å². The number of rotatable bonds is 3. The summed E-state index contributed by atoms with van der Waals surface area (Å²) in [5, 5.41) is 4.50. The molecule has 0 saturated carbocycles. The Morgan fingerprint density at radius 1 is 1.53 bits per heavy atom. The summed E-state index contributed by atoms with van der Waals surface area (Å²) in [6, 6.07) is 0.206. The molecule has 2 rings (SSSR count). The number of nitrogens with zero attached hydrogens (tertiary/aromatic N) is 4. The van der Waals surface area contributed by atoms with Crippen LogP contribution in [0, 0.1) is 0 Å². The number of hydrogen-bond donors (Lipinski definition) is 1. The van der Waals surface area contributed by atoms with Gasteiger partial charge in [-0.2, -0.15) is 4.98 Å². The number of aromatic nitrogens is 3. The molecule has 0 aliphatic rings. The van der Waals surface area contributed by atoms with Crippen molar-refractivity contribution in [2.75, 3.05) is 18.5 Å². The van der Waals surface area contributed by atoms with Crippen molar-refractivity contribution in [2.24, 2.45) is 5.73 Å². The van der Waals surface area contributed by atoms with Crippen LogP contribution in [0.2, 0.25) is 0 Å². The molecular weight excluding hydrogens is 194 g/mol. The maximum atomic E-state index is 5.61. The van der Waals surface area contributed by atoms with Crippen LogP contribution in [0.15, 0.2) is 17.0 Å². The summed E-state index contributed by atoms with van der Waals surface area (Å²) in [7, 11) is 1.94. The Labute approximate surface area is 87.1 Å². The molecule has 6 heteroatoms. The van der Waals surface area contributed by atoms with E-state index in [-0.39, 0.29) is 6.04 Å². The van der Waals surface area contributed by atoms with Gasteiger partial charge in [-0.3, -0.25) is 0 Å². The van der Waals surface area contributed by atoms with E-state index >= 15 is 0 Å². The van der Waals surface area contributed by atoms with E-state index in [9.17, 15) is 0 Å². The molecule has 2 aromatic heterocycles. The average molecular weight is 207 g/mol. The predicted molar refractivity (Wildman–Crippen MR) is 56.5 cm³/mol. The zero-order chi connectivity index (χ0) is 10.8. The molecule has 1 atom stereocenters. The zero-order valence-electron chi connectivity index (χ0n) is 8.71. The number of fused-ring (bicyclic) bond motifs is 1. The summed E-state index contributed by atoms with van der Waals surface area (Å²) in [6.07, 6.45) is 3.08. The number of anilines is 1. The van der Waals surface area contributed by atoms with Crippen LogP contribution in [0.3, 0.4) is 0 Å². The lowest BCUT2D eigenvalue weighted by molar-refractivity contribution is 0.448. The first kappa shape index (κ1) is 9.85. The number of likely N-dealkylation sites (N-methyl/N-ethyl adjacent to an activating group) is 1. The fourth-order valence-electron chi connectivity index (χ4n) is 1.33. The van der Waals surface area contributed by atoms with E-state index in [1.54, 1.807) is 6.20 Å². The second-order valence-electron chi connectivity index (χ2n) is 3.44. The van der Waals surface area contributed by atoms with E-state index in [4.69, 9.17) is 10.3 Å². The molecule has 0 amide bonds. The van der Waals surface area contributed by atoms with Crippen molar-refractivity contribution in [3.8, 4) is 0 Å². The van der Waals surface area contributed by atoms with Gasteiger partial charge in [0, 0.05) is 19.6 Å². The first-order valence-electron chi connectivity index (χ1n) is 4.72. The average Bonchev–Trinajstić information content (AvgIpc) is 2.74. The van der Waals surface area contributed by atoms with Crippen LogP contribution in [-0.4, -0.2) is 34.8 Å². The van der Waals surface area contributed by atoms with Crippen molar-refractivity contribution in [1.82, 2.24) is 15.1 Å². The van der Waals surface area contributed by atoms with Gasteiger partial charge >= 0.3 is 0 Å². The molecular formula is C9H13N5O. The van der Waals surface area contributed by atoms with Crippen LogP contribution >= 0.6 is 0 Å². The highest BCUT2D eigenvalue weighted by Gasteiger charge is 2.15. The van der Waals surface area contributed by atoms with Crippen LogP contribution in [-0.2, 0) is 0 Å². The van der Waals surface area contributed by atoms with Gasteiger partial charge in [-0.15, -0.1) is 0 Å². The molecule has 0 spiro atoms. The van der Waals surface area contributed by atoms with E-state index in [1.165, 1.54) is 6.33 Å². The van der Waals surface area contributed by atoms with Crippen molar-refractivity contribution < 1.29 is 4.52 Å². The minimum Gasteiger partial charge on any atom is -0.355 e. The lowest BCUT2D eigenvalue weighted by Gasteiger charge is -2.24. The second-order valence-corrected chi connectivity index (χ2v) is 3.44. The number of hydrogen-bond acceptors (Lipinski definition) is 6. The quantitative estimate of drug-likeness (QED) is 0.784. The van der Waals surface area contributed by atoms with Crippen molar-refractivity contribution in [1.29, 1.82) is 0 Å². The topological polar surface area (TPSA) is 81.1 Å². The fourth-order valence-corrected chi connectivity index (χ4v) is 1.33. The molecule has 0 aliphatic carbocycles. The summed E-state index contributed by atoms with van der Waals surface area (Å²) < 4.78 is 4.96. The molecule has 0 aliphatic heterocycles. The zero-order valence-corrected chi connectivity index (χ0v) is 8.71. The van der Waals surface area contributed by atoms with E-state index in [0.29, 0.717) is 12.3 Å². The normalized spacial score (nSPS) is 13.0. The minimum absolute atomic E-state index is 0.206. The van der Waals surface area contributed by atoms with Gasteiger partial charge < -0.3 is 15.2 Å². The Balaban J connectivity index is 2.46. The van der Waals surface area contributed by atoms with E-state index < -0.39 is 0 Å². The molecule has 0 fully saturated rings. The van der Waals surface area contributed by atoms with Crippen molar-refractivity contribution >= 4 is 16.9 Å². The van der Waals surface area contributed by atoms with Gasteiger partial charge in [0.15, 0.2) is 0 Å². The highest BCUT2D eigenvalue weighted by Crippen LogP contribution is 2.22. The molecule has 0 aromatic carbocycles. The molecule has 2 heterocycles. The summed E-state index contributed by atoms with van der Waals surface area (Å²) in [6.45, 7) is 2.59. The molecule has 6 nitrogen and oxygen atoms in total. The van der Waals surface area contributed by atoms with Gasteiger partial charge in [0.25, 0.3) is 5.71 Å². The third-order valence-electron chi connectivity index (χ3n) is 2.48. The molecule has 0 radical (unpaired) electrons. The second kappa shape index (κ2) is 3.82. The highest BCUT2D eigenvalue weighted by atomic mass is 16.5. The van der Waals surface area contributed by atoms with Crippen molar-refractivity contribution in [3.63, 3.8) is 0 Å². The first-order valence-corrected chi connectivity index (χ1v) is 4.72. The van der Waals surface area contributed by atoms with E-state index in [0.717, 1.165) is 11.2 Å². The number of nitrogens with two attached hydrogens (primary N) is 1. The molecule has 0 bridgehead atoms. The third kappa shape index (κ3) is 1.63. The largest absolute Gasteiger partial charge is 0.355 e. The van der Waals surface area contributed by atoms with E-state index in [2.05, 4.69) is 15.1 Å².